The van der Waals surface area contributed by atoms with Crippen LogP contribution in [-0.2, 0) is 38.2 Å². The van der Waals surface area contributed by atoms with Crippen molar-refractivity contribution in [1.82, 2.24) is 0 Å². The molecule has 0 saturated carbocycles. The molecule has 1 N–H and O–H groups in total. The van der Waals surface area contributed by atoms with Crippen LogP contribution in [0.5, 0.6) is 0 Å². The number of hydrogen-bond acceptors (Lipinski definition) is 8. The second kappa shape index (κ2) is 10.9. The lowest BCUT2D eigenvalue weighted by atomic mass is 9.59. The van der Waals surface area contributed by atoms with Crippen LogP contribution in [0.15, 0.2) is 47.1 Å². The van der Waals surface area contributed by atoms with Crippen LogP contribution in [0, 0.1) is 23.2 Å². The Labute approximate surface area is 233 Å². The second-order valence-corrected chi connectivity index (χ2v) is 11.5. The van der Waals surface area contributed by atoms with Crippen molar-refractivity contribution in [2.75, 3.05) is 0 Å². The van der Waals surface area contributed by atoms with Crippen molar-refractivity contribution in [2.45, 2.75) is 89.9 Å². The third-order valence-corrected chi connectivity index (χ3v) is 9.11. The largest absolute Gasteiger partial charge is 0.481 e. The van der Waals surface area contributed by atoms with Gasteiger partial charge in [-0.15, -0.1) is 0 Å². The van der Waals surface area contributed by atoms with Crippen LogP contribution in [0.25, 0.3) is 0 Å². The number of carbonyl (C=O) groups excluding carboxylic acids is 4. The van der Waals surface area contributed by atoms with Crippen molar-refractivity contribution in [1.29, 1.82) is 0 Å². The molecule has 3 aliphatic heterocycles. The number of allylic oxidation sites excluding steroid dienone is 5. The van der Waals surface area contributed by atoms with Crippen LogP contribution in [0.2, 0.25) is 0 Å². The zero-order valence-electron chi connectivity index (χ0n) is 23.0. The summed E-state index contributed by atoms with van der Waals surface area (Å²) >= 11 is 0. The van der Waals surface area contributed by atoms with Crippen LogP contribution in [-0.4, -0.2) is 46.7 Å². The first kappa shape index (κ1) is 28.2. The van der Waals surface area contributed by atoms with E-state index in [1.807, 2.05) is 38.2 Å². The Morgan fingerprint density at radius 1 is 1.05 bits per heavy atom. The van der Waals surface area contributed by atoms with Gasteiger partial charge in [-0.1, -0.05) is 43.2 Å². The van der Waals surface area contributed by atoms with Gasteiger partial charge in [-0.3, -0.25) is 14.4 Å². The fourth-order valence-electron chi connectivity index (χ4n) is 7.40. The molecule has 0 aromatic carbocycles. The molecular weight excluding hydrogens is 516 g/mol. The quantitative estimate of drug-likeness (QED) is 0.161. The third kappa shape index (κ3) is 4.48. The molecule has 6 atom stereocenters. The Bertz CT molecular complexity index is 1250. The summed E-state index contributed by atoms with van der Waals surface area (Å²) < 4.78 is 17.4. The number of Topliss-reactive ketones (excluding diaryl/α,β-unsaturated/α-hetero) is 1. The molecule has 3 heterocycles. The molecule has 214 valence electrons. The van der Waals surface area contributed by atoms with Gasteiger partial charge >= 0.3 is 23.9 Å². The molecule has 2 aliphatic carbocycles. The second-order valence-electron chi connectivity index (χ2n) is 11.5. The van der Waals surface area contributed by atoms with Crippen LogP contribution >= 0.6 is 0 Å². The zero-order chi connectivity index (χ0) is 28.7. The molecule has 0 unspecified atom stereocenters. The number of esters is 3. The smallest absolute Gasteiger partial charge is 0.343 e. The number of ether oxygens (including phenoxy) is 3. The normalized spacial score (nSPS) is 34.1. The van der Waals surface area contributed by atoms with Gasteiger partial charge in [-0.25, -0.2) is 9.59 Å². The van der Waals surface area contributed by atoms with E-state index in [2.05, 4.69) is 6.08 Å². The van der Waals surface area contributed by atoms with E-state index in [0.717, 1.165) is 32.1 Å². The summed E-state index contributed by atoms with van der Waals surface area (Å²) in [5, 5.41) is 9.90. The lowest BCUT2D eigenvalue weighted by molar-refractivity contribution is -0.268. The molecule has 0 amide bonds. The van der Waals surface area contributed by atoms with E-state index in [4.69, 9.17) is 14.2 Å². The van der Waals surface area contributed by atoms with Crippen molar-refractivity contribution in [3.05, 3.63) is 47.1 Å². The molecule has 9 nitrogen and oxygen atoms in total. The van der Waals surface area contributed by atoms with Crippen LogP contribution < -0.4 is 0 Å². The highest BCUT2D eigenvalue weighted by molar-refractivity contribution is 6.14. The first-order valence-electron chi connectivity index (χ1n) is 14.3. The summed E-state index contributed by atoms with van der Waals surface area (Å²) in [7, 11) is 0. The first-order valence-corrected chi connectivity index (χ1v) is 14.3. The summed E-state index contributed by atoms with van der Waals surface area (Å²) in [5.74, 6) is -7.03. The van der Waals surface area contributed by atoms with Crippen molar-refractivity contribution < 1.29 is 43.3 Å². The van der Waals surface area contributed by atoms with Gasteiger partial charge in [0, 0.05) is 18.4 Å². The molecule has 0 aromatic rings. The van der Waals surface area contributed by atoms with E-state index < -0.39 is 53.5 Å². The average molecular weight is 553 g/mol. The summed E-state index contributed by atoms with van der Waals surface area (Å²) in [5.41, 5.74) is -1.25. The third-order valence-electron chi connectivity index (χ3n) is 9.11. The number of carboxylic acids is 1. The fourth-order valence-corrected chi connectivity index (χ4v) is 7.40. The molecule has 2 saturated heterocycles. The molecule has 0 aromatic heterocycles. The summed E-state index contributed by atoms with van der Waals surface area (Å²) in [6.45, 7) is 3.86. The first-order chi connectivity index (χ1) is 19.2. The number of ketones is 1. The predicted molar refractivity (Wildman–Crippen MR) is 141 cm³/mol. The SMILES string of the molecule is C/C=C/CCCCC[C@@H]1C=C2[C@@]3(CC(=O)O)CC4=C(C(=O)OC4=O)[C@H]4[C@@H]1C[C@@H](C(=O)CC/C=C/C)O[C@@]24OC3=O. The van der Waals surface area contributed by atoms with E-state index in [-0.39, 0.29) is 41.6 Å². The van der Waals surface area contributed by atoms with Gasteiger partial charge in [0.2, 0.25) is 5.79 Å². The fraction of sp³-hybridized carbons (Fsp3) is 0.581. The molecule has 9 heteroatoms. The van der Waals surface area contributed by atoms with Gasteiger partial charge in [-0.2, -0.15) is 0 Å². The minimum atomic E-state index is -1.82. The molecule has 5 bridgehead atoms. The van der Waals surface area contributed by atoms with Gasteiger partial charge in [0.25, 0.3) is 0 Å². The summed E-state index contributed by atoms with van der Waals surface area (Å²) in [6.07, 6.45) is 13.6. The van der Waals surface area contributed by atoms with E-state index in [1.165, 1.54) is 0 Å². The lowest BCUT2D eigenvalue weighted by Crippen LogP contribution is -2.59. The van der Waals surface area contributed by atoms with Crippen LogP contribution in [0.1, 0.15) is 78.1 Å². The number of hydrogen-bond donors (Lipinski definition) is 1. The highest BCUT2D eigenvalue weighted by Gasteiger charge is 2.75. The van der Waals surface area contributed by atoms with Gasteiger partial charge in [0.05, 0.1) is 23.5 Å². The van der Waals surface area contributed by atoms with Crippen LogP contribution in [0.3, 0.4) is 0 Å². The lowest BCUT2D eigenvalue weighted by Gasteiger charge is -2.52. The molecule has 2 fully saturated rings. The summed E-state index contributed by atoms with van der Waals surface area (Å²) in [6, 6.07) is 0. The topological polar surface area (TPSA) is 133 Å². The van der Waals surface area contributed by atoms with Gasteiger partial charge in [0.15, 0.2) is 5.78 Å². The number of cyclic esters (lactones) is 2. The Balaban J connectivity index is 1.60. The van der Waals surface area contributed by atoms with Gasteiger partial charge < -0.3 is 19.3 Å². The minimum absolute atomic E-state index is 0.0270. The van der Waals surface area contributed by atoms with E-state index >= 15 is 0 Å². The Kier molecular flexibility index (Phi) is 7.70. The van der Waals surface area contributed by atoms with Crippen molar-refractivity contribution in [3.63, 3.8) is 0 Å². The average Bonchev–Trinajstić information content (AvgIpc) is 3.25. The van der Waals surface area contributed by atoms with Crippen molar-refractivity contribution in [2.24, 2.45) is 23.2 Å². The standard InChI is InChI=1S/C31H36O9/c1-3-5-7-8-9-11-12-18-14-23-30(17-24(33)34)16-20-25(28(36)38-27(20)35)26-19(18)15-22(21(32)13-10-6-4-2)39-31(23,26)40-29(30)37/h3-6,14,18-19,22,26H,7-13,15-17H2,1-2H3,(H,33,34)/b5-3+,6-4+/t18-,19-,22+,26-,30+,31-/m1/s1. The number of rotatable bonds is 12. The number of carbonyl (C=O) groups is 5. The van der Waals surface area contributed by atoms with E-state index in [0.29, 0.717) is 18.4 Å². The molecule has 1 spiro atoms. The Morgan fingerprint density at radius 2 is 1.80 bits per heavy atom. The van der Waals surface area contributed by atoms with Gasteiger partial charge in [0.1, 0.15) is 11.5 Å². The van der Waals surface area contributed by atoms with E-state index in [1.54, 1.807) is 0 Å². The highest BCUT2D eigenvalue weighted by Crippen LogP contribution is 2.67. The molecule has 40 heavy (non-hydrogen) atoms. The number of aliphatic carboxylic acids is 1. The minimum Gasteiger partial charge on any atom is -0.481 e. The van der Waals surface area contributed by atoms with E-state index in [9.17, 15) is 29.1 Å². The molecule has 0 radical (unpaired) electrons. The molecule has 5 aliphatic rings. The summed E-state index contributed by atoms with van der Waals surface area (Å²) in [4.78, 5) is 65.1. The maximum atomic E-state index is 13.7. The number of carboxylic acid groups (broad SMARTS) is 1. The highest BCUT2D eigenvalue weighted by atomic mass is 16.7. The monoisotopic (exact) mass is 552 g/mol. The Morgan fingerprint density at radius 3 is 2.52 bits per heavy atom. The molecule has 5 rings (SSSR count). The molecular formula is C31H36O9. The van der Waals surface area contributed by atoms with Crippen molar-refractivity contribution >= 4 is 29.7 Å². The number of unbranched alkanes of at least 4 members (excludes halogenated alkanes) is 3. The van der Waals surface area contributed by atoms with Crippen molar-refractivity contribution in [3.8, 4) is 0 Å². The Hall–Kier alpha value is -3.33. The predicted octanol–water partition coefficient (Wildman–Crippen LogP) is 4.51. The maximum absolute atomic E-state index is 13.7. The zero-order valence-corrected chi connectivity index (χ0v) is 23.0. The van der Waals surface area contributed by atoms with Crippen LogP contribution in [0.4, 0.5) is 0 Å². The van der Waals surface area contributed by atoms with Gasteiger partial charge in [-0.05, 0) is 57.8 Å². The maximum Gasteiger partial charge on any atom is 0.343 e.